The fourth-order valence-corrected chi connectivity index (χ4v) is 5.72. The number of nitrogens with one attached hydrogen (secondary N) is 1. The van der Waals surface area contributed by atoms with Gasteiger partial charge in [0.1, 0.15) is 0 Å². The zero-order valence-corrected chi connectivity index (χ0v) is 28.1. The SMILES string of the molecule is CCCCCCCCCCCCCCCCCCNCCCCCCCCCCCCCCCCCC.[LiH].[Mn]. The molecule has 0 aliphatic carbocycles. The fourth-order valence-electron chi connectivity index (χ4n) is 5.72. The zero-order chi connectivity index (χ0) is 26.7. The van der Waals surface area contributed by atoms with E-state index in [9.17, 15) is 0 Å². The quantitative estimate of drug-likeness (QED) is 0.0586. The standard InChI is InChI=1S/C36H75N.Li.Mn.H/c1-3-5-7-9-11-13-15-17-19-21-23-25-27-29-31-33-35-37-36-34-32-30-28-26-24-22-20-18-16-14-12-10-8-6-4-2;;;/h37H,3-36H2,1-2H3;;;. The first-order valence-electron chi connectivity index (χ1n) is 18.1. The van der Waals surface area contributed by atoms with E-state index in [1.54, 1.807) is 0 Å². The van der Waals surface area contributed by atoms with E-state index in [0.29, 0.717) is 0 Å². The first-order chi connectivity index (χ1) is 18.4. The summed E-state index contributed by atoms with van der Waals surface area (Å²) in [5.74, 6) is 0. The molecular weight excluding hydrogens is 508 g/mol. The molecule has 0 aromatic rings. The average Bonchev–Trinajstić information content (AvgIpc) is 2.91. The van der Waals surface area contributed by atoms with Crippen molar-refractivity contribution < 1.29 is 17.1 Å². The van der Waals surface area contributed by atoms with Crippen molar-refractivity contribution in [3.05, 3.63) is 0 Å². The molecule has 0 amide bonds. The van der Waals surface area contributed by atoms with Crippen molar-refractivity contribution in [3.63, 3.8) is 0 Å². The van der Waals surface area contributed by atoms with Gasteiger partial charge in [-0.25, -0.2) is 0 Å². The molecule has 0 saturated heterocycles. The molecule has 1 radical (unpaired) electrons. The second-order valence-corrected chi connectivity index (χ2v) is 12.4. The molecule has 0 aromatic carbocycles. The van der Waals surface area contributed by atoms with E-state index in [1.165, 1.54) is 219 Å². The number of hydrogen-bond acceptors (Lipinski definition) is 1. The predicted molar refractivity (Wildman–Crippen MR) is 179 cm³/mol. The Morgan fingerprint density at radius 2 is 0.410 bits per heavy atom. The van der Waals surface area contributed by atoms with E-state index >= 15 is 0 Å². The Bertz CT molecular complexity index is 345. The molecule has 3 heteroatoms. The van der Waals surface area contributed by atoms with Gasteiger partial charge in [0.15, 0.2) is 0 Å². The average molecular weight is 585 g/mol. The molecule has 0 rings (SSSR count). The molecular formula is C36H76LiMnN. The molecule has 0 aliphatic heterocycles. The minimum Gasteiger partial charge on any atom is 0 e. The van der Waals surface area contributed by atoms with Crippen LogP contribution in [0, 0.1) is 0 Å². The molecule has 0 atom stereocenters. The number of rotatable bonds is 34. The molecule has 0 saturated carbocycles. The van der Waals surface area contributed by atoms with Crippen LogP contribution >= 0.6 is 0 Å². The third kappa shape index (κ3) is 43.7. The summed E-state index contributed by atoms with van der Waals surface area (Å²) in [6.07, 6.45) is 46.7. The van der Waals surface area contributed by atoms with E-state index in [4.69, 9.17) is 0 Å². The van der Waals surface area contributed by atoms with Crippen LogP contribution in [-0.4, -0.2) is 32.0 Å². The third-order valence-electron chi connectivity index (χ3n) is 8.41. The van der Waals surface area contributed by atoms with Gasteiger partial charge in [-0.15, -0.1) is 0 Å². The summed E-state index contributed by atoms with van der Waals surface area (Å²) in [5, 5.41) is 3.68. The van der Waals surface area contributed by atoms with Gasteiger partial charge >= 0.3 is 18.9 Å². The second-order valence-electron chi connectivity index (χ2n) is 12.4. The predicted octanol–water partition coefficient (Wildman–Crippen LogP) is 12.4. The van der Waals surface area contributed by atoms with Gasteiger partial charge in [-0.05, 0) is 25.9 Å². The first-order valence-corrected chi connectivity index (χ1v) is 18.1. The molecule has 0 unspecified atom stereocenters. The third-order valence-corrected chi connectivity index (χ3v) is 8.41. The van der Waals surface area contributed by atoms with Gasteiger partial charge in [0.2, 0.25) is 0 Å². The van der Waals surface area contributed by atoms with E-state index in [-0.39, 0.29) is 35.9 Å². The van der Waals surface area contributed by atoms with Crippen LogP contribution in [0.3, 0.4) is 0 Å². The van der Waals surface area contributed by atoms with Crippen LogP contribution in [0.2, 0.25) is 0 Å². The van der Waals surface area contributed by atoms with E-state index in [2.05, 4.69) is 19.2 Å². The van der Waals surface area contributed by atoms with Crippen LogP contribution in [0.5, 0.6) is 0 Å². The Morgan fingerprint density at radius 1 is 0.256 bits per heavy atom. The van der Waals surface area contributed by atoms with Crippen LogP contribution in [0.15, 0.2) is 0 Å². The first kappa shape index (κ1) is 44.5. The monoisotopic (exact) mass is 585 g/mol. The second kappa shape index (κ2) is 43.5. The fraction of sp³-hybridized carbons (Fsp3) is 1.00. The molecule has 39 heavy (non-hydrogen) atoms. The van der Waals surface area contributed by atoms with Crippen molar-refractivity contribution in [2.45, 2.75) is 219 Å². The number of hydrogen-bond donors (Lipinski definition) is 1. The van der Waals surface area contributed by atoms with Crippen molar-refractivity contribution in [3.8, 4) is 0 Å². The smallest absolute Gasteiger partial charge is 0 e. The maximum absolute atomic E-state index is 3.68. The summed E-state index contributed by atoms with van der Waals surface area (Å²) in [6, 6.07) is 0. The summed E-state index contributed by atoms with van der Waals surface area (Å²) in [5.41, 5.74) is 0. The van der Waals surface area contributed by atoms with Crippen molar-refractivity contribution in [2.75, 3.05) is 13.1 Å². The summed E-state index contributed by atoms with van der Waals surface area (Å²) >= 11 is 0. The Labute approximate surface area is 272 Å². The minimum absolute atomic E-state index is 0. The summed E-state index contributed by atoms with van der Waals surface area (Å²) in [4.78, 5) is 0. The Hall–Kier alpha value is 1.08. The molecule has 0 fully saturated rings. The Morgan fingerprint density at radius 3 is 0.590 bits per heavy atom. The van der Waals surface area contributed by atoms with Crippen LogP contribution in [0.4, 0.5) is 0 Å². The largest absolute Gasteiger partial charge is 0 e. The van der Waals surface area contributed by atoms with E-state index < -0.39 is 0 Å². The molecule has 1 N–H and O–H groups in total. The van der Waals surface area contributed by atoms with Crippen molar-refractivity contribution in [1.29, 1.82) is 0 Å². The summed E-state index contributed by atoms with van der Waals surface area (Å²) in [6.45, 7) is 7.11. The summed E-state index contributed by atoms with van der Waals surface area (Å²) < 4.78 is 0. The van der Waals surface area contributed by atoms with Crippen LogP contribution in [0.1, 0.15) is 219 Å². The van der Waals surface area contributed by atoms with E-state index in [1.807, 2.05) is 0 Å². The van der Waals surface area contributed by atoms with Gasteiger partial charge in [0.05, 0.1) is 0 Å². The zero-order valence-electron chi connectivity index (χ0n) is 26.9. The maximum Gasteiger partial charge on any atom is 0 e. The van der Waals surface area contributed by atoms with Gasteiger partial charge in [-0.2, -0.15) is 0 Å². The Balaban J connectivity index is -0.00000648. The summed E-state index contributed by atoms with van der Waals surface area (Å²) in [7, 11) is 0. The molecule has 0 aromatic heterocycles. The van der Waals surface area contributed by atoms with E-state index in [0.717, 1.165) is 0 Å². The molecule has 1 nitrogen and oxygen atoms in total. The molecule has 0 spiro atoms. The molecule has 0 aliphatic rings. The topological polar surface area (TPSA) is 12.0 Å². The van der Waals surface area contributed by atoms with Crippen molar-refractivity contribution >= 4 is 18.9 Å². The maximum atomic E-state index is 3.68. The molecule has 233 valence electrons. The minimum atomic E-state index is 0. The van der Waals surface area contributed by atoms with Crippen LogP contribution in [-0.2, 0) is 17.1 Å². The van der Waals surface area contributed by atoms with Gasteiger partial charge < -0.3 is 5.32 Å². The normalized spacial score (nSPS) is 10.9. The van der Waals surface area contributed by atoms with Gasteiger partial charge in [-0.3, -0.25) is 0 Å². The number of unbranched alkanes of at least 4 members (excludes halogenated alkanes) is 30. The van der Waals surface area contributed by atoms with Crippen molar-refractivity contribution in [2.24, 2.45) is 0 Å². The molecule has 0 bridgehead atoms. The van der Waals surface area contributed by atoms with Gasteiger partial charge in [0.25, 0.3) is 0 Å². The molecule has 0 heterocycles. The van der Waals surface area contributed by atoms with Gasteiger partial charge in [0, 0.05) is 17.1 Å². The Kier molecular flexibility index (Phi) is 49.7. The van der Waals surface area contributed by atoms with Crippen molar-refractivity contribution in [1.82, 2.24) is 5.32 Å². The van der Waals surface area contributed by atoms with Crippen LogP contribution < -0.4 is 5.32 Å². The van der Waals surface area contributed by atoms with Gasteiger partial charge in [-0.1, -0.05) is 206 Å². The van der Waals surface area contributed by atoms with Crippen LogP contribution in [0.25, 0.3) is 0 Å².